The fourth-order valence-corrected chi connectivity index (χ4v) is 7.44. The number of nitriles is 1. The summed E-state index contributed by atoms with van der Waals surface area (Å²) in [6.07, 6.45) is 5.66. The summed E-state index contributed by atoms with van der Waals surface area (Å²) >= 11 is 6.97. The predicted molar refractivity (Wildman–Crippen MR) is 175 cm³/mol. The average molecular weight is 597 g/mol. The number of amides is 1. The van der Waals surface area contributed by atoms with Crippen molar-refractivity contribution in [3.8, 4) is 6.07 Å². The van der Waals surface area contributed by atoms with Crippen LogP contribution in [0.4, 0.5) is 5.82 Å². The lowest BCUT2D eigenvalue weighted by Crippen LogP contribution is -2.40. The van der Waals surface area contributed by atoms with Crippen molar-refractivity contribution >= 4 is 46.1 Å². The van der Waals surface area contributed by atoms with Crippen molar-refractivity contribution in [1.82, 2.24) is 9.47 Å². The summed E-state index contributed by atoms with van der Waals surface area (Å²) in [6, 6.07) is 22.4. The molecule has 2 aliphatic heterocycles. The van der Waals surface area contributed by atoms with Crippen molar-refractivity contribution in [2.45, 2.75) is 59.0 Å². The van der Waals surface area contributed by atoms with E-state index in [1.165, 1.54) is 17.3 Å². The first kappa shape index (κ1) is 29.8. The van der Waals surface area contributed by atoms with Gasteiger partial charge in [-0.1, -0.05) is 91.6 Å². The Kier molecular flexibility index (Phi) is 9.30. The minimum absolute atomic E-state index is 0.130. The Balaban J connectivity index is 1.52. The Bertz CT molecular complexity index is 1600. The molecule has 1 aromatic heterocycles. The summed E-state index contributed by atoms with van der Waals surface area (Å²) in [5.41, 5.74) is 3.59. The van der Waals surface area contributed by atoms with Gasteiger partial charge in [0.15, 0.2) is 0 Å². The van der Waals surface area contributed by atoms with Crippen molar-refractivity contribution in [2.24, 2.45) is 5.92 Å². The van der Waals surface area contributed by atoms with Crippen LogP contribution in [0.5, 0.6) is 0 Å². The van der Waals surface area contributed by atoms with Crippen LogP contribution in [0.1, 0.15) is 67.0 Å². The van der Waals surface area contributed by atoms with Crippen molar-refractivity contribution < 1.29 is 4.79 Å². The van der Waals surface area contributed by atoms with Crippen LogP contribution < -0.4 is 10.5 Å². The van der Waals surface area contributed by atoms with Crippen LogP contribution >= 0.6 is 24.0 Å². The predicted octanol–water partition coefficient (Wildman–Crippen LogP) is 6.86. The van der Waals surface area contributed by atoms with Gasteiger partial charge in [-0.3, -0.25) is 19.1 Å². The lowest BCUT2D eigenvalue weighted by Gasteiger charge is -2.36. The molecule has 8 heteroatoms. The molecule has 3 heterocycles. The molecule has 3 aromatic rings. The molecule has 0 bridgehead atoms. The third-order valence-electron chi connectivity index (χ3n) is 8.34. The summed E-state index contributed by atoms with van der Waals surface area (Å²) in [4.78, 5) is 31.8. The number of rotatable bonds is 8. The second-order valence-corrected chi connectivity index (χ2v) is 12.7. The zero-order valence-electron chi connectivity index (χ0n) is 24.4. The van der Waals surface area contributed by atoms with Gasteiger partial charge in [0.05, 0.1) is 10.9 Å². The van der Waals surface area contributed by atoms with Gasteiger partial charge in [0.2, 0.25) is 0 Å². The van der Waals surface area contributed by atoms with Gasteiger partial charge in [-0.15, -0.1) is 0 Å². The van der Waals surface area contributed by atoms with Crippen LogP contribution in [-0.2, 0) is 17.8 Å². The summed E-state index contributed by atoms with van der Waals surface area (Å²) in [5, 5.41) is 9.99. The second kappa shape index (κ2) is 13.1. The fourth-order valence-electron chi connectivity index (χ4n) is 6.04. The Morgan fingerprint density at radius 3 is 2.33 bits per heavy atom. The summed E-state index contributed by atoms with van der Waals surface area (Å²) in [7, 11) is 0. The molecular weight excluding hydrogens is 561 g/mol. The maximum atomic E-state index is 13.8. The molecule has 2 saturated heterocycles. The molecule has 0 spiro atoms. The molecular formula is C34H36N4O2S2. The Hall–Kier alpha value is -3.67. The van der Waals surface area contributed by atoms with E-state index in [1.54, 1.807) is 9.47 Å². The molecule has 1 amide bonds. The van der Waals surface area contributed by atoms with Crippen molar-refractivity contribution in [2.75, 3.05) is 18.0 Å². The van der Waals surface area contributed by atoms with Crippen LogP contribution in [0.15, 0.2) is 70.4 Å². The minimum Gasteiger partial charge on any atom is -0.357 e. The van der Waals surface area contributed by atoms with Gasteiger partial charge in [0.1, 0.15) is 21.8 Å². The quantitative estimate of drug-likeness (QED) is 0.209. The monoisotopic (exact) mass is 596 g/mol. The molecule has 2 aromatic carbocycles. The number of hydrogen-bond donors (Lipinski definition) is 0. The van der Waals surface area contributed by atoms with E-state index >= 15 is 0 Å². The number of thioether (sulfide) groups is 1. The molecule has 0 N–H and O–H groups in total. The molecule has 2 fully saturated rings. The van der Waals surface area contributed by atoms with E-state index < -0.39 is 0 Å². The largest absolute Gasteiger partial charge is 0.357 e. The number of carbonyl (C=O) groups excluding carboxylic acids is 1. The van der Waals surface area contributed by atoms with Gasteiger partial charge in [-0.2, -0.15) is 5.26 Å². The number of thiocarbonyl (C=S) groups is 1. The van der Waals surface area contributed by atoms with Crippen LogP contribution in [0.25, 0.3) is 6.08 Å². The zero-order chi connectivity index (χ0) is 29.8. The molecule has 2 aliphatic rings. The summed E-state index contributed by atoms with van der Waals surface area (Å²) in [6.45, 7) is 7.94. The first-order chi connectivity index (χ1) is 20.3. The van der Waals surface area contributed by atoms with Crippen LogP contribution in [0, 0.1) is 24.2 Å². The SMILES string of the molecule is CCCn1c(N2CCC(Cc3ccccc3)CC2)c(/C=C2\SC(=S)N(C(C)c3ccccc3)C2=O)c(C)c(C#N)c1=O. The smallest absolute Gasteiger partial charge is 0.270 e. The second-order valence-electron chi connectivity index (χ2n) is 11.1. The molecule has 42 heavy (non-hydrogen) atoms. The topological polar surface area (TPSA) is 69.3 Å². The zero-order valence-corrected chi connectivity index (χ0v) is 26.0. The summed E-state index contributed by atoms with van der Waals surface area (Å²) in [5.74, 6) is 1.21. The molecule has 0 saturated carbocycles. The molecule has 0 radical (unpaired) electrons. The number of hydrogen-bond acceptors (Lipinski definition) is 6. The third kappa shape index (κ3) is 5.95. The van der Waals surface area contributed by atoms with E-state index in [-0.39, 0.29) is 23.1 Å². The van der Waals surface area contributed by atoms with Gasteiger partial charge >= 0.3 is 0 Å². The maximum Gasteiger partial charge on any atom is 0.270 e. The lowest BCUT2D eigenvalue weighted by atomic mass is 9.90. The highest BCUT2D eigenvalue weighted by atomic mass is 32.2. The summed E-state index contributed by atoms with van der Waals surface area (Å²) < 4.78 is 2.26. The third-order valence-corrected chi connectivity index (χ3v) is 9.67. The van der Waals surface area contributed by atoms with Crippen LogP contribution in [0.2, 0.25) is 0 Å². The van der Waals surface area contributed by atoms with E-state index in [2.05, 4.69) is 35.2 Å². The number of nitrogens with zero attached hydrogens (tertiary/aromatic N) is 4. The first-order valence-corrected chi connectivity index (χ1v) is 15.8. The van der Waals surface area contributed by atoms with E-state index in [0.717, 1.165) is 55.7 Å². The van der Waals surface area contributed by atoms with Gasteiger partial charge in [-0.05, 0) is 68.2 Å². The number of anilines is 1. The van der Waals surface area contributed by atoms with Gasteiger partial charge in [0.25, 0.3) is 11.5 Å². The van der Waals surface area contributed by atoms with Crippen molar-refractivity contribution in [3.05, 3.63) is 104 Å². The van der Waals surface area contributed by atoms with Crippen LogP contribution in [-0.4, -0.2) is 32.8 Å². The van der Waals surface area contributed by atoms with E-state index in [4.69, 9.17) is 12.2 Å². The average Bonchev–Trinajstić information content (AvgIpc) is 3.29. The van der Waals surface area contributed by atoms with Crippen LogP contribution in [0.3, 0.4) is 0 Å². The number of carbonyl (C=O) groups is 1. The number of piperidine rings is 1. The standard InChI is InChI=1S/C34H36N4O2S2/c1-4-17-37-31(36-18-15-26(16-19-36)20-25-11-7-5-8-12-25)28(23(2)29(22-35)32(37)39)21-30-33(40)38(34(41)42-30)24(3)27-13-9-6-10-14-27/h5-14,21,24,26H,4,15-20H2,1-3H3/b30-21-. The fraction of sp³-hybridized carbons (Fsp3) is 0.353. The highest BCUT2D eigenvalue weighted by Gasteiger charge is 2.37. The molecule has 0 aliphatic carbocycles. The highest BCUT2D eigenvalue weighted by Crippen LogP contribution is 2.40. The molecule has 6 nitrogen and oxygen atoms in total. The van der Waals surface area contributed by atoms with Gasteiger partial charge in [0, 0.05) is 25.2 Å². The van der Waals surface area contributed by atoms with Gasteiger partial charge < -0.3 is 4.90 Å². The highest BCUT2D eigenvalue weighted by molar-refractivity contribution is 8.26. The number of pyridine rings is 1. The van der Waals surface area contributed by atoms with E-state index in [0.29, 0.717) is 27.3 Å². The number of aromatic nitrogens is 1. The van der Waals surface area contributed by atoms with Crippen molar-refractivity contribution in [3.63, 3.8) is 0 Å². The number of benzene rings is 2. The first-order valence-electron chi connectivity index (χ1n) is 14.6. The van der Waals surface area contributed by atoms with E-state index in [9.17, 15) is 14.9 Å². The van der Waals surface area contributed by atoms with E-state index in [1.807, 2.05) is 63.2 Å². The van der Waals surface area contributed by atoms with Gasteiger partial charge in [-0.25, -0.2) is 0 Å². The minimum atomic E-state index is -0.263. The Morgan fingerprint density at radius 2 is 1.71 bits per heavy atom. The normalized spacial score (nSPS) is 17.6. The Morgan fingerprint density at radius 1 is 1.07 bits per heavy atom. The lowest BCUT2D eigenvalue weighted by molar-refractivity contribution is -0.123. The molecule has 5 rings (SSSR count). The molecule has 216 valence electrons. The maximum absolute atomic E-state index is 13.8. The molecule has 1 unspecified atom stereocenters. The Labute approximate surface area is 257 Å². The van der Waals surface area contributed by atoms with Crippen molar-refractivity contribution in [1.29, 1.82) is 5.26 Å². The molecule has 1 atom stereocenters.